The van der Waals surface area contributed by atoms with Crippen molar-refractivity contribution in [3.63, 3.8) is 0 Å². The highest BCUT2D eigenvalue weighted by molar-refractivity contribution is 5.75. The monoisotopic (exact) mass is 187 g/mol. The van der Waals surface area contributed by atoms with Crippen LogP contribution in [0.15, 0.2) is 0 Å². The molecule has 1 aliphatic heterocycles. The van der Waals surface area contributed by atoms with Gasteiger partial charge < -0.3 is 15.2 Å². The van der Waals surface area contributed by atoms with Gasteiger partial charge in [-0.2, -0.15) is 0 Å². The Morgan fingerprint density at radius 3 is 2.54 bits per heavy atom. The molecule has 13 heavy (non-hydrogen) atoms. The van der Waals surface area contributed by atoms with E-state index >= 15 is 0 Å². The molecule has 0 radical (unpaired) electrons. The number of carbonyl (C=O) groups is 1. The average molecular weight is 187 g/mol. The largest absolute Gasteiger partial charge is 0.458 e. The van der Waals surface area contributed by atoms with Crippen LogP contribution < -0.4 is 5.73 Å². The molecule has 1 rings (SSSR count). The lowest BCUT2D eigenvalue weighted by atomic mass is 10.1. The SMILES string of the molecule is CC(C)(C)OC(=O)[C@@H]1C[C@@H](N)CO1. The van der Waals surface area contributed by atoms with Crippen LogP contribution in [0.1, 0.15) is 27.2 Å². The van der Waals surface area contributed by atoms with E-state index in [0.717, 1.165) is 0 Å². The van der Waals surface area contributed by atoms with E-state index in [2.05, 4.69) is 0 Å². The van der Waals surface area contributed by atoms with Crippen molar-refractivity contribution in [2.45, 2.75) is 44.9 Å². The van der Waals surface area contributed by atoms with Crippen LogP contribution in [0.3, 0.4) is 0 Å². The summed E-state index contributed by atoms with van der Waals surface area (Å²) in [6.45, 7) is 5.95. The molecule has 0 aromatic rings. The minimum Gasteiger partial charge on any atom is -0.458 e. The number of hydrogen-bond donors (Lipinski definition) is 1. The van der Waals surface area contributed by atoms with Crippen LogP contribution in [0.25, 0.3) is 0 Å². The number of rotatable bonds is 1. The highest BCUT2D eigenvalue weighted by Crippen LogP contribution is 2.16. The molecule has 2 atom stereocenters. The van der Waals surface area contributed by atoms with E-state index in [9.17, 15) is 4.79 Å². The van der Waals surface area contributed by atoms with Crippen molar-refractivity contribution >= 4 is 5.97 Å². The van der Waals surface area contributed by atoms with Gasteiger partial charge in [-0.25, -0.2) is 4.79 Å². The van der Waals surface area contributed by atoms with Crippen LogP contribution in [-0.2, 0) is 14.3 Å². The number of carbonyl (C=O) groups excluding carboxylic acids is 1. The van der Waals surface area contributed by atoms with Crippen molar-refractivity contribution in [3.05, 3.63) is 0 Å². The third-order valence-corrected chi connectivity index (χ3v) is 1.70. The van der Waals surface area contributed by atoms with Crippen LogP contribution in [-0.4, -0.2) is 30.3 Å². The number of nitrogens with two attached hydrogens (primary N) is 1. The Morgan fingerprint density at radius 2 is 2.15 bits per heavy atom. The quantitative estimate of drug-likeness (QED) is 0.605. The lowest BCUT2D eigenvalue weighted by Gasteiger charge is -2.21. The lowest BCUT2D eigenvalue weighted by Crippen LogP contribution is -2.32. The van der Waals surface area contributed by atoms with Crippen LogP contribution in [0.5, 0.6) is 0 Å². The summed E-state index contributed by atoms with van der Waals surface area (Å²) in [4.78, 5) is 11.4. The predicted molar refractivity (Wildman–Crippen MR) is 48.2 cm³/mol. The predicted octanol–water partition coefficient (Wildman–Crippen LogP) is 0.444. The highest BCUT2D eigenvalue weighted by atomic mass is 16.6. The first-order valence-corrected chi connectivity index (χ1v) is 4.48. The third kappa shape index (κ3) is 3.32. The van der Waals surface area contributed by atoms with Crippen LogP contribution in [0, 0.1) is 0 Å². The number of hydrogen-bond acceptors (Lipinski definition) is 4. The van der Waals surface area contributed by atoms with Crippen LogP contribution in [0.4, 0.5) is 0 Å². The molecule has 0 amide bonds. The summed E-state index contributed by atoms with van der Waals surface area (Å²) >= 11 is 0. The Kier molecular flexibility index (Phi) is 2.93. The van der Waals surface area contributed by atoms with E-state index < -0.39 is 11.7 Å². The van der Waals surface area contributed by atoms with E-state index in [4.69, 9.17) is 15.2 Å². The summed E-state index contributed by atoms with van der Waals surface area (Å²) < 4.78 is 10.3. The van der Waals surface area contributed by atoms with Gasteiger partial charge in [-0.15, -0.1) is 0 Å². The van der Waals surface area contributed by atoms with Crippen LogP contribution >= 0.6 is 0 Å². The molecular weight excluding hydrogens is 170 g/mol. The molecule has 2 N–H and O–H groups in total. The molecule has 1 aliphatic rings. The zero-order valence-corrected chi connectivity index (χ0v) is 8.37. The molecule has 1 fully saturated rings. The molecule has 0 saturated carbocycles. The molecule has 4 nitrogen and oxygen atoms in total. The molecule has 0 unspecified atom stereocenters. The van der Waals surface area contributed by atoms with Gasteiger partial charge >= 0.3 is 5.97 Å². The molecule has 0 aromatic carbocycles. The van der Waals surface area contributed by atoms with Gasteiger partial charge in [0.15, 0.2) is 6.10 Å². The van der Waals surface area contributed by atoms with Gasteiger partial charge in [0.1, 0.15) is 5.60 Å². The van der Waals surface area contributed by atoms with E-state index in [-0.39, 0.29) is 12.0 Å². The molecule has 1 saturated heterocycles. The fourth-order valence-electron chi connectivity index (χ4n) is 1.18. The van der Waals surface area contributed by atoms with Crippen molar-refractivity contribution in [1.29, 1.82) is 0 Å². The fourth-order valence-corrected chi connectivity index (χ4v) is 1.18. The first-order chi connectivity index (χ1) is 5.88. The Labute approximate surface area is 78.4 Å². The molecule has 4 heteroatoms. The van der Waals surface area contributed by atoms with Gasteiger partial charge in [0.05, 0.1) is 6.61 Å². The molecule has 0 aliphatic carbocycles. The first-order valence-electron chi connectivity index (χ1n) is 4.48. The van der Waals surface area contributed by atoms with Crippen molar-refractivity contribution in [2.24, 2.45) is 5.73 Å². The molecule has 0 bridgehead atoms. The second kappa shape index (κ2) is 3.64. The molecule has 0 aromatic heterocycles. The number of ether oxygens (including phenoxy) is 2. The van der Waals surface area contributed by atoms with Crippen molar-refractivity contribution in [2.75, 3.05) is 6.61 Å². The van der Waals surface area contributed by atoms with E-state index in [1.165, 1.54) is 0 Å². The number of esters is 1. The maximum atomic E-state index is 11.4. The summed E-state index contributed by atoms with van der Waals surface area (Å²) in [5.74, 6) is -0.305. The Bertz CT molecular complexity index is 198. The van der Waals surface area contributed by atoms with Crippen molar-refractivity contribution in [1.82, 2.24) is 0 Å². The summed E-state index contributed by atoms with van der Waals surface area (Å²) in [5.41, 5.74) is 5.14. The van der Waals surface area contributed by atoms with Crippen molar-refractivity contribution < 1.29 is 14.3 Å². The maximum absolute atomic E-state index is 11.4. The summed E-state index contributed by atoms with van der Waals surface area (Å²) in [5, 5.41) is 0. The fraction of sp³-hybridized carbons (Fsp3) is 0.889. The first kappa shape index (κ1) is 10.5. The summed E-state index contributed by atoms with van der Waals surface area (Å²) in [6, 6.07) is -0.0301. The topological polar surface area (TPSA) is 61.5 Å². The zero-order chi connectivity index (χ0) is 10.1. The second-order valence-electron chi connectivity index (χ2n) is 4.35. The molecule has 76 valence electrons. The van der Waals surface area contributed by atoms with E-state index in [0.29, 0.717) is 13.0 Å². The normalized spacial score (nSPS) is 28.9. The maximum Gasteiger partial charge on any atom is 0.335 e. The van der Waals surface area contributed by atoms with Gasteiger partial charge in [0.25, 0.3) is 0 Å². The van der Waals surface area contributed by atoms with Gasteiger partial charge in [-0.3, -0.25) is 0 Å². The summed E-state index contributed by atoms with van der Waals surface area (Å²) in [7, 11) is 0. The minimum absolute atomic E-state index is 0.0301. The Balaban J connectivity index is 2.41. The molecule has 0 spiro atoms. The smallest absolute Gasteiger partial charge is 0.335 e. The summed E-state index contributed by atoms with van der Waals surface area (Å²) in [6.07, 6.45) is 0.101. The zero-order valence-electron chi connectivity index (χ0n) is 8.37. The average Bonchev–Trinajstić information content (AvgIpc) is 2.31. The Hall–Kier alpha value is -0.610. The molecular formula is C9H17NO3. The van der Waals surface area contributed by atoms with E-state index in [1.54, 1.807) is 0 Å². The van der Waals surface area contributed by atoms with Gasteiger partial charge in [-0.1, -0.05) is 0 Å². The van der Waals surface area contributed by atoms with E-state index in [1.807, 2.05) is 20.8 Å². The Morgan fingerprint density at radius 1 is 1.54 bits per heavy atom. The third-order valence-electron chi connectivity index (χ3n) is 1.70. The van der Waals surface area contributed by atoms with Gasteiger partial charge in [0.2, 0.25) is 0 Å². The molecule has 1 heterocycles. The van der Waals surface area contributed by atoms with Crippen molar-refractivity contribution in [3.8, 4) is 0 Å². The second-order valence-corrected chi connectivity index (χ2v) is 4.35. The van der Waals surface area contributed by atoms with Crippen LogP contribution in [0.2, 0.25) is 0 Å². The standard InChI is InChI=1S/C9H17NO3/c1-9(2,3)13-8(11)7-4-6(10)5-12-7/h6-7H,4-5,10H2,1-3H3/t6-,7+/m1/s1. The minimum atomic E-state index is -0.464. The highest BCUT2D eigenvalue weighted by Gasteiger charge is 2.32. The van der Waals surface area contributed by atoms with Gasteiger partial charge in [0, 0.05) is 12.5 Å². The lowest BCUT2D eigenvalue weighted by molar-refractivity contribution is -0.165. The van der Waals surface area contributed by atoms with Gasteiger partial charge in [-0.05, 0) is 20.8 Å².